The molecule has 0 bridgehead atoms. The molecule has 0 radical (unpaired) electrons. The molecule has 1 heterocycles. The highest BCUT2D eigenvalue weighted by Crippen LogP contribution is 2.30. The Morgan fingerprint density at radius 3 is 2.52 bits per heavy atom. The molecule has 3 aromatic rings. The van der Waals surface area contributed by atoms with Gasteiger partial charge >= 0.3 is 0 Å². The highest BCUT2D eigenvalue weighted by molar-refractivity contribution is 6.35. The number of halogens is 1. The Morgan fingerprint density at radius 2 is 1.62 bits per heavy atom. The Kier molecular flexibility index (Phi) is 3.01. The van der Waals surface area contributed by atoms with Crippen molar-refractivity contribution in [3.63, 3.8) is 0 Å². The Bertz CT molecular complexity index is 864. The molecule has 1 aliphatic rings. The molecule has 1 aliphatic heterocycles. The third-order valence-corrected chi connectivity index (χ3v) is 4.39. The Morgan fingerprint density at radius 1 is 0.810 bits per heavy atom. The summed E-state index contributed by atoms with van der Waals surface area (Å²) in [4.78, 5) is 4.74. The van der Waals surface area contributed by atoms with Gasteiger partial charge in [0, 0.05) is 22.7 Å². The molecule has 1 nitrogen and oxygen atoms in total. The van der Waals surface area contributed by atoms with Gasteiger partial charge in [0.15, 0.2) is 0 Å². The molecule has 3 aromatic carbocycles. The summed E-state index contributed by atoms with van der Waals surface area (Å²) in [6, 6.07) is 20.8. The molecular formula is C19H14ClN. The zero-order chi connectivity index (χ0) is 14.2. The molecule has 102 valence electrons. The minimum absolute atomic E-state index is 0.761. The van der Waals surface area contributed by atoms with Gasteiger partial charge in [-0.1, -0.05) is 66.2 Å². The van der Waals surface area contributed by atoms with E-state index in [9.17, 15) is 0 Å². The summed E-state index contributed by atoms with van der Waals surface area (Å²) in [5.41, 5.74) is 4.65. The van der Waals surface area contributed by atoms with Crippen LogP contribution in [0.3, 0.4) is 0 Å². The van der Waals surface area contributed by atoms with E-state index in [1.807, 2.05) is 24.3 Å². The molecule has 0 saturated carbocycles. The molecule has 0 unspecified atom stereocenters. The smallest absolute Gasteiger partial charge is 0.0737 e. The lowest BCUT2D eigenvalue weighted by molar-refractivity contribution is 0.953. The van der Waals surface area contributed by atoms with Crippen LogP contribution in [0.15, 0.2) is 65.7 Å². The number of hydrogen-bond donors (Lipinski definition) is 0. The van der Waals surface area contributed by atoms with Gasteiger partial charge in [-0.2, -0.15) is 0 Å². The van der Waals surface area contributed by atoms with Crippen LogP contribution in [0.2, 0.25) is 5.02 Å². The summed E-state index contributed by atoms with van der Waals surface area (Å²) >= 11 is 6.36. The van der Waals surface area contributed by atoms with Gasteiger partial charge in [-0.05, 0) is 28.8 Å². The average Bonchev–Trinajstić information content (AvgIpc) is 2.55. The molecule has 0 aliphatic carbocycles. The highest BCUT2D eigenvalue weighted by atomic mass is 35.5. The van der Waals surface area contributed by atoms with E-state index in [2.05, 4.69) is 36.4 Å². The first kappa shape index (κ1) is 12.6. The topological polar surface area (TPSA) is 12.4 Å². The van der Waals surface area contributed by atoms with E-state index in [1.165, 1.54) is 21.9 Å². The lowest BCUT2D eigenvalue weighted by Crippen LogP contribution is -2.15. The van der Waals surface area contributed by atoms with Crippen molar-refractivity contribution in [3.8, 4) is 0 Å². The quantitative estimate of drug-likeness (QED) is 0.605. The first-order chi connectivity index (χ1) is 10.3. The van der Waals surface area contributed by atoms with Gasteiger partial charge in [0.05, 0.1) is 5.71 Å². The van der Waals surface area contributed by atoms with Crippen molar-refractivity contribution in [1.29, 1.82) is 0 Å². The van der Waals surface area contributed by atoms with E-state index in [0.29, 0.717) is 0 Å². The third kappa shape index (κ3) is 2.05. The van der Waals surface area contributed by atoms with Crippen molar-refractivity contribution in [3.05, 3.63) is 82.4 Å². The van der Waals surface area contributed by atoms with Crippen LogP contribution in [0.5, 0.6) is 0 Å². The predicted octanol–water partition coefficient (Wildman–Crippen LogP) is 4.89. The predicted molar refractivity (Wildman–Crippen MR) is 89.6 cm³/mol. The Balaban J connectivity index is 1.97. The number of benzene rings is 3. The van der Waals surface area contributed by atoms with Crippen molar-refractivity contribution in [2.24, 2.45) is 4.99 Å². The van der Waals surface area contributed by atoms with Gasteiger partial charge in [0.25, 0.3) is 0 Å². The van der Waals surface area contributed by atoms with E-state index in [4.69, 9.17) is 16.6 Å². The second-order valence-electron chi connectivity index (χ2n) is 5.27. The van der Waals surface area contributed by atoms with Crippen molar-refractivity contribution in [2.45, 2.75) is 6.42 Å². The molecule has 0 N–H and O–H groups in total. The van der Waals surface area contributed by atoms with Crippen molar-refractivity contribution >= 4 is 28.1 Å². The number of rotatable bonds is 1. The second-order valence-corrected chi connectivity index (χ2v) is 5.68. The normalized spacial score (nSPS) is 13.9. The van der Waals surface area contributed by atoms with Crippen LogP contribution in [0.1, 0.15) is 16.7 Å². The molecule has 0 atom stereocenters. The number of aliphatic imine (C=N–C) groups is 1. The summed E-state index contributed by atoms with van der Waals surface area (Å²) in [5, 5.41) is 3.38. The third-order valence-electron chi connectivity index (χ3n) is 4.06. The molecule has 0 aromatic heterocycles. The molecule has 0 amide bonds. The van der Waals surface area contributed by atoms with Gasteiger partial charge in [0.2, 0.25) is 0 Å². The fourth-order valence-corrected chi connectivity index (χ4v) is 3.30. The van der Waals surface area contributed by atoms with Crippen molar-refractivity contribution < 1.29 is 0 Å². The zero-order valence-corrected chi connectivity index (χ0v) is 12.3. The van der Waals surface area contributed by atoms with Crippen LogP contribution in [0, 0.1) is 0 Å². The summed E-state index contributed by atoms with van der Waals surface area (Å²) in [7, 11) is 0. The monoisotopic (exact) mass is 291 g/mol. The summed E-state index contributed by atoms with van der Waals surface area (Å²) in [6.45, 7) is 0.821. The number of fused-ring (bicyclic) bond motifs is 3. The minimum atomic E-state index is 0.761. The number of hydrogen-bond acceptors (Lipinski definition) is 1. The SMILES string of the molecule is Clc1ccccc1C1=NCCc2c1ccc1ccccc21. The van der Waals surface area contributed by atoms with Crippen LogP contribution in [-0.2, 0) is 6.42 Å². The van der Waals surface area contributed by atoms with E-state index >= 15 is 0 Å². The van der Waals surface area contributed by atoms with Crippen LogP contribution >= 0.6 is 11.6 Å². The van der Waals surface area contributed by atoms with Gasteiger partial charge in [-0.3, -0.25) is 4.99 Å². The fourth-order valence-electron chi connectivity index (χ4n) is 3.08. The van der Waals surface area contributed by atoms with E-state index in [0.717, 1.165) is 29.3 Å². The van der Waals surface area contributed by atoms with Crippen LogP contribution in [0.25, 0.3) is 10.8 Å². The summed E-state index contributed by atoms with van der Waals surface area (Å²) in [6.07, 6.45) is 0.991. The standard InChI is InChI=1S/C19H14ClN/c20-18-8-4-3-7-17(18)19-16-10-9-13-5-1-2-6-14(13)15(16)11-12-21-19/h1-10H,11-12H2. The second kappa shape index (κ2) is 5.01. The van der Waals surface area contributed by atoms with Crippen LogP contribution < -0.4 is 0 Å². The van der Waals surface area contributed by atoms with Crippen LogP contribution in [-0.4, -0.2) is 12.3 Å². The lowest BCUT2D eigenvalue weighted by Gasteiger charge is -2.20. The number of nitrogens with zero attached hydrogens (tertiary/aromatic N) is 1. The van der Waals surface area contributed by atoms with Gasteiger partial charge < -0.3 is 0 Å². The summed E-state index contributed by atoms with van der Waals surface area (Å²) in [5.74, 6) is 0. The van der Waals surface area contributed by atoms with Crippen molar-refractivity contribution in [2.75, 3.05) is 6.54 Å². The first-order valence-electron chi connectivity index (χ1n) is 7.15. The summed E-state index contributed by atoms with van der Waals surface area (Å²) < 4.78 is 0. The van der Waals surface area contributed by atoms with E-state index in [-0.39, 0.29) is 0 Å². The fraction of sp³-hybridized carbons (Fsp3) is 0.105. The van der Waals surface area contributed by atoms with Gasteiger partial charge in [-0.25, -0.2) is 0 Å². The maximum absolute atomic E-state index is 6.36. The van der Waals surface area contributed by atoms with Crippen molar-refractivity contribution in [1.82, 2.24) is 0 Å². The van der Waals surface area contributed by atoms with Gasteiger partial charge in [-0.15, -0.1) is 0 Å². The molecule has 4 rings (SSSR count). The highest BCUT2D eigenvalue weighted by Gasteiger charge is 2.19. The average molecular weight is 292 g/mol. The zero-order valence-electron chi connectivity index (χ0n) is 11.5. The lowest BCUT2D eigenvalue weighted by atomic mass is 9.89. The maximum atomic E-state index is 6.36. The molecule has 0 fully saturated rings. The maximum Gasteiger partial charge on any atom is 0.0737 e. The minimum Gasteiger partial charge on any atom is -0.284 e. The molecule has 21 heavy (non-hydrogen) atoms. The molecular weight excluding hydrogens is 278 g/mol. The van der Waals surface area contributed by atoms with Gasteiger partial charge in [0.1, 0.15) is 0 Å². The van der Waals surface area contributed by atoms with E-state index < -0.39 is 0 Å². The molecule has 2 heteroatoms. The van der Waals surface area contributed by atoms with E-state index in [1.54, 1.807) is 0 Å². The molecule has 0 spiro atoms. The Labute approximate surface area is 128 Å². The Hall–Kier alpha value is -2.12. The molecule has 0 saturated heterocycles. The van der Waals surface area contributed by atoms with Crippen LogP contribution in [0.4, 0.5) is 0 Å². The largest absolute Gasteiger partial charge is 0.284 e. The first-order valence-corrected chi connectivity index (χ1v) is 7.53.